The van der Waals surface area contributed by atoms with Crippen LogP contribution in [0.15, 0.2) is 12.1 Å². The van der Waals surface area contributed by atoms with Gasteiger partial charge >= 0.3 is 5.97 Å². The van der Waals surface area contributed by atoms with Gasteiger partial charge in [-0.15, -0.1) is 10.2 Å². The summed E-state index contributed by atoms with van der Waals surface area (Å²) in [4.78, 5) is 24.4. The molecule has 2 rings (SSSR count). The molecule has 0 aromatic carbocycles. The predicted octanol–water partition coefficient (Wildman–Crippen LogP) is 0.137. The summed E-state index contributed by atoms with van der Waals surface area (Å²) in [6.45, 7) is 3.16. The third-order valence-corrected chi connectivity index (χ3v) is 3.44. The Bertz CT molecular complexity index is 502. The first-order chi connectivity index (χ1) is 8.96. The van der Waals surface area contributed by atoms with E-state index in [2.05, 4.69) is 15.5 Å². The second-order valence-electron chi connectivity index (χ2n) is 4.89. The third kappa shape index (κ3) is 2.49. The zero-order valence-corrected chi connectivity index (χ0v) is 10.9. The van der Waals surface area contributed by atoms with Crippen molar-refractivity contribution in [1.29, 1.82) is 0 Å². The van der Waals surface area contributed by atoms with Gasteiger partial charge in [-0.2, -0.15) is 0 Å². The SMILES string of the molecule is CNC(=O)C1(C)CCN(c2ccc(C(=O)O)nn2)C1. The Hall–Kier alpha value is -2.18. The Kier molecular flexibility index (Phi) is 3.37. The molecule has 0 saturated carbocycles. The van der Waals surface area contributed by atoms with E-state index in [0.29, 0.717) is 18.9 Å². The number of aromatic nitrogens is 2. The minimum atomic E-state index is -1.10. The summed E-state index contributed by atoms with van der Waals surface area (Å²) in [5, 5.41) is 19.0. The van der Waals surface area contributed by atoms with Crippen LogP contribution in [0.3, 0.4) is 0 Å². The number of carbonyl (C=O) groups is 2. The molecule has 7 heteroatoms. The maximum atomic E-state index is 11.8. The van der Waals surface area contributed by atoms with Crippen LogP contribution in [-0.2, 0) is 4.79 Å². The highest BCUT2D eigenvalue weighted by Crippen LogP contribution is 2.32. The van der Waals surface area contributed by atoms with Gasteiger partial charge in [-0.3, -0.25) is 4.79 Å². The van der Waals surface area contributed by atoms with E-state index < -0.39 is 11.4 Å². The van der Waals surface area contributed by atoms with Gasteiger partial charge in [0, 0.05) is 20.1 Å². The number of carbonyl (C=O) groups excluding carboxylic acids is 1. The molecule has 7 nitrogen and oxygen atoms in total. The summed E-state index contributed by atoms with van der Waals surface area (Å²) in [5.41, 5.74) is -0.529. The Labute approximate surface area is 110 Å². The van der Waals surface area contributed by atoms with Crippen molar-refractivity contribution in [2.75, 3.05) is 25.0 Å². The highest BCUT2D eigenvalue weighted by molar-refractivity contribution is 5.85. The van der Waals surface area contributed by atoms with Crippen molar-refractivity contribution < 1.29 is 14.7 Å². The van der Waals surface area contributed by atoms with E-state index >= 15 is 0 Å². The lowest BCUT2D eigenvalue weighted by Crippen LogP contribution is -2.39. The lowest BCUT2D eigenvalue weighted by Gasteiger charge is -2.22. The van der Waals surface area contributed by atoms with Gasteiger partial charge in [0.1, 0.15) is 0 Å². The fraction of sp³-hybridized carbons (Fsp3) is 0.500. The first kappa shape index (κ1) is 13.3. The van der Waals surface area contributed by atoms with Crippen LogP contribution in [0.4, 0.5) is 5.82 Å². The lowest BCUT2D eigenvalue weighted by atomic mass is 9.89. The molecule has 102 valence electrons. The number of nitrogens with zero attached hydrogens (tertiary/aromatic N) is 3. The number of carboxylic acid groups (broad SMARTS) is 1. The molecule has 1 aliphatic rings. The van der Waals surface area contributed by atoms with E-state index in [0.717, 1.165) is 6.42 Å². The molecule has 1 unspecified atom stereocenters. The minimum absolute atomic E-state index is 0.00474. The fourth-order valence-electron chi connectivity index (χ4n) is 2.25. The number of rotatable bonds is 3. The summed E-state index contributed by atoms with van der Waals surface area (Å²) in [6, 6.07) is 3.03. The monoisotopic (exact) mass is 264 g/mol. The fourth-order valence-corrected chi connectivity index (χ4v) is 2.25. The maximum Gasteiger partial charge on any atom is 0.356 e. The number of nitrogens with one attached hydrogen (secondary N) is 1. The summed E-state index contributed by atoms with van der Waals surface area (Å²) in [5.74, 6) is -0.501. The van der Waals surface area contributed by atoms with Gasteiger partial charge < -0.3 is 15.3 Å². The molecule has 1 aromatic heterocycles. The molecule has 1 saturated heterocycles. The molecule has 0 spiro atoms. The number of anilines is 1. The lowest BCUT2D eigenvalue weighted by molar-refractivity contribution is -0.128. The van der Waals surface area contributed by atoms with Crippen molar-refractivity contribution >= 4 is 17.7 Å². The first-order valence-corrected chi connectivity index (χ1v) is 6.00. The van der Waals surface area contributed by atoms with Crippen molar-refractivity contribution in [3.8, 4) is 0 Å². The average Bonchev–Trinajstić information content (AvgIpc) is 2.82. The van der Waals surface area contributed by atoms with Crippen LogP contribution in [0, 0.1) is 5.41 Å². The normalized spacial score (nSPS) is 22.3. The molecule has 2 N–H and O–H groups in total. The molecular weight excluding hydrogens is 248 g/mol. The summed E-state index contributed by atoms with van der Waals surface area (Å²) in [7, 11) is 1.62. The topological polar surface area (TPSA) is 95.4 Å². The first-order valence-electron chi connectivity index (χ1n) is 6.00. The van der Waals surface area contributed by atoms with Crippen LogP contribution in [-0.4, -0.2) is 47.3 Å². The van der Waals surface area contributed by atoms with E-state index in [4.69, 9.17) is 5.11 Å². The molecule has 1 atom stereocenters. The standard InChI is InChI=1S/C12H16N4O3/c1-12(11(19)13-2)5-6-16(7-12)9-4-3-8(10(17)18)14-15-9/h3-4H,5-7H2,1-2H3,(H,13,19)(H,17,18). The minimum Gasteiger partial charge on any atom is -0.476 e. The van der Waals surface area contributed by atoms with Gasteiger partial charge in [-0.25, -0.2) is 4.79 Å². The molecule has 0 bridgehead atoms. The van der Waals surface area contributed by atoms with Crippen molar-refractivity contribution in [2.45, 2.75) is 13.3 Å². The van der Waals surface area contributed by atoms with Crippen molar-refractivity contribution in [3.05, 3.63) is 17.8 Å². The van der Waals surface area contributed by atoms with Crippen LogP contribution in [0.2, 0.25) is 0 Å². The quantitative estimate of drug-likeness (QED) is 0.806. The zero-order chi connectivity index (χ0) is 14.0. The highest BCUT2D eigenvalue weighted by Gasteiger charge is 2.40. The Morgan fingerprint density at radius 3 is 2.68 bits per heavy atom. The summed E-state index contributed by atoms with van der Waals surface area (Å²) in [6.07, 6.45) is 0.731. The molecule has 1 aromatic rings. The van der Waals surface area contributed by atoms with E-state index in [9.17, 15) is 9.59 Å². The highest BCUT2D eigenvalue weighted by atomic mass is 16.4. The van der Waals surface area contributed by atoms with Gasteiger partial charge in [-0.05, 0) is 25.5 Å². The summed E-state index contributed by atoms with van der Waals surface area (Å²) >= 11 is 0. The van der Waals surface area contributed by atoms with Gasteiger partial charge in [0.15, 0.2) is 11.5 Å². The molecule has 19 heavy (non-hydrogen) atoms. The molecule has 2 heterocycles. The van der Waals surface area contributed by atoms with Gasteiger partial charge in [0.05, 0.1) is 5.41 Å². The molecule has 0 aliphatic carbocycles. The number of amides is 1. The van der Waals surface area contributed by atoms with E-state index in [1.807, 2.05) is 11.8 Å². The number of carboxylic acids is 1. The molecule has 1 aliphatic heterocycles. The predicted molar refractivity (Wildman–Crippen MR) is 68.0 cm³/mol. The van der Waals surface area contributed by atoms with Gasteiger partial charge in [-0.1, -0.05) is 0 Å². The number of aromatic carboxylic acids is 1. The second-order valence-corrected chi connectivity index (χ2v) is 4.89. The summed E-state index contributed by atoms with van der Waals surface area (Å²) < 4.78 is 0. The van der Waals surface area contributed by atoms with Crippen LogP contribution in [0.25, 0.3) is 0 Å². The van der Waals surface area contributed by atoms with E-state index in [1.54, 1.807) is 13.1 Å². The molecule has 0 radical (unpaired) electrons. The largest absolute Gasteiger partial charge is 0.476 e. The number of hydrogen-bond donors (Lipinski definition) is 2. The van der Waals surface area contributed by atoms with Crippen LogP contribution < -0.4 is 10.2 Å². The van der Waals surface area contributed by atoms with Gasteiger partial charge in [0.25, 0.3) is 0 Å². The Morgan fingerprint density at radius 2 is 2.16 bits per heavy atom. The number of hydrogen-bond acceptors (Lipinski definition) is 5. The molecular formula is C12H16N4O3. The maximum absolute atomic E-state index is 11.8. The van der Waals surface area contributed by atoms with Crippen LogP contribution >= 0.6 is 0 Å². The zero-order valence-electron chi connectivity index (χ0n) is 10.9. The van der Waals surface area contributed by atoms with Gasteiger partial charge in [0.2, 0.25) is 5.91 Å². The smallest absolute Gasteiger partial charge is 0.356 e. The van der Waals surface area contributed by atoms with Crippen molar-refractivity contribution in [1.82, 2.24) is 15.5 Å². The van der Waals surface area contributed by atoms with Crippen LogP contribution in [0.1, 0.15) is 23.8 Å². The van der Waals surface area contributed by atoms with Crippen molar-refractivity contribution in [2.24, 2.45) is 5.41 Å². The Morgan fingerprint density at radius 1 is 1.42 bits per heavy atom. The molecule has 1 fully saturated rings. The third-order valence-electron chi connectivity index (χ3n) is 3.44. The Balaban J connectivity index is 2.12. The van der Waals surface area contributed by atoms with E-state index in [-0.39, 0.29) is 11.6 Å². The van der Waals surface area contributed by atoms with Crippen molar-refractivity contribution in [3.63, 3.8) is 0 Å². The molecule has 1 amide bonds. The second kappa shape index (κ2) is 4.83. The average molecular weight is 264 g/mol. The van der Waals surface area contributed by atoms with E-state index in [1.165, 1.54) is 6.07 Å². The van der Waals surface area contributed by atoms with Crippen LogP contribution in [0.5, 0.6) is 0 Å².